The number of nitrogens with one attached hydrogen (secondary N) is 1. The van der Waals surface area contributed by atoms with Gasteiger partial charge in [0.15, 0.2) is 0 Å². The van der Waals surface area contributed by atoms with Crippen molar-refractivity contribution in [3.05, 3.63) is 18.0 Å². The zero-order chi connectivity index (χ0) is 13.3. The van der Waals surface area contributed by atoms with Gasteiger partial charge in [-0.2, -0.15) is 5.10 Å². The molecule has 3 rings (SSSR count). The summed E-state index contributed by atoms with van der Waals surface area (Å²) in [5, 5.41) is 8.07. The molecule has 0 radical (unpaired) electrons. The molecule has 2 fully saturated rings. The Morgan fingerprint density at radius 3 is 2.84 bits per heavy atom. The van der Waals surface area contributed by atoms with Crippen LogP contribution in [0.25, 0.3) is 0 Å². The van der Waals surface area contributed by atoms with Crippen LogP contribution >= 0.6 is 0 Å². The van der Waals surface area contributed by atoms with Gasteiger partial charge in [0.2, 0.25) is 0 Å². The predicted octanol–water partition coefficient (Wildman–Crippen LogP) is 1.92. The molecule has 4 heteroatoms. The van der Waals surface area contributed by atoms with E-state index in [1.165, 1.54) is 50.8 Å². The van der Waals surface area contributed by atoms with E-state index in [4.69, 9.17) is 0 Å². The minimum atomic E-state index is 0.418. The highest BCUT2D eigenvalue weighted by atomic mass is 15.3. The van der Waals surface area contributed by atoms with Crippen LogP contribution in [0.4, 0.5) is 0 Å². The van der Waals surface area contributed by atoms with Gasteiger partial charge in [-0.15, -0.1) is 0 Å². The van der Waals surface area contributed by atoms with E-state index in [-0.39, 0.29) is 0 Å². The molecule has 1 aliphatic carbocycles. The smallest absolute Gasteiger partial charge is 0.0534 e. The van der Waals surface area contributed by atoms with Crippen molar-refractivity contribution in [3.63, 3.8) is 0 Å². The average molecular weight is 262 g/mol. The van der Waals surface area contributed by atoms with Crippen LogP contribution in [0, 0.1) is 0 Å². The molecule has 1 aliphatic heterocycles. The summed E-state index contributed by atoms with van der Waals surface area (Å²) in [4.78, 5) is 2.74. The molecule has 19 heavy (non-hydrogen) atoms. The van der Waals surface area contributed by atoms with Crippen molar-refractivity contribution in [3.8, 4) is 0 Å². The third kappa shape index (κ3) is 2.56. The lowest BCUT2D eigenvalue weighted by atomic mass is 9.90. The Morgan fingerprint density at radius 2 is 2.21 bits per heavy atom. The van der Waals surface area contributed by atoms with Gasteiger partial charge in [0.1, 0.15) is 0 Å². The molecule has 0 bridgehead atoms. The van der Waals surface area contributed by atoms with Gasteiger partial charge in [-0.05, 0) is 19.3 Å². The maximum absolute atomic E-state index is 4.31. The second kappa shape index (κ2) is 5.25. The molecule has 1 aromatic heterocycles. The van der Waals surface area contributed by atoms with Gasteiger partial charge in [0.05, 0.1) is 6.20 Å². The molecule has 1 saturated heterocycles. The summed E-state index contributed by atoms with van der Waals surface area (Å²) in [7, 11) is 2.00. The van der Waals surface area contributed by atoms with E-state index in [0.717, 1.165) is 6.54 Å². The molecule has 1 N–H and O–H groups in total. The number of aryl methyl sites for hydroxylation is 1. The molecule has 4 nitrogen and oxygen atoms in total. The SMILES string of the molecule is CCC1CN(Cc2cnn(C)c2)C2(CCCC2)CN1. The molecule has 1 aromatic rings. The molecule has 2 heterocycles. The highest BCUT2D eigenvalue weighted by Crippen LogP contribution is 2.37. The first-order valence-electron chi connectivity index (χ1n) is 7.68. The predicted molar refractivity (Wildman–Crippen MR) is 76.9 cm³/mol. The van der Waals surface area contributed by atoms with E-state index < -0.39 is 0 Å². The van der Waals surface area contributed by atoms with Gasteiger partial charge in [-0.25, -0.2) is 0 Å². The number of nitrogens with zero attached hydrogens (tertiary/aromatic N) is 3. The highest BCUT2D eigenvalue weighted by molar-refractivity contribution is 5.08. The van der Waals surface area contributed by atoms with Gasteiger partial charge in [0, 0.05) is 50.0 Å². The van der Waals surface area contributed by atoms with E-state index >= 15 is 0 Å². The quantitative estimate of drug-likeness (QED) is 0.903. The van der Waals surface area contributed by atoms with Crippen LogP contribution in [-0.2, 0) is 13.6 Å². The molecule has 0 aromatic carbocycles. The fourth-order valence-electron chi connectivity index (χ4n) is 3.78. The molecule has 1 saturated carbocycles. The second-order valence-electron chi connectivity index (χ2n) is 6.32. The Kier molecular flexibility index (Phi) is 3.63. The van der Waals surface area contributed by atoms with Crippen LogP contribution < -0.4 is 5.32 Å². The van der Waals surface area contributed by atoms with E-state index in [0.29, 0.717) is 11.6 Å². The fraction of sp³-hybridized carbons (Fsp3) is 0.800. The minimum Gasteiger partial charge on any atom is -0.311 e. The monoisotopic (exact) mass is 262 g/mol. The number of hydrogen-bond donors (Lipinski definition) is 1. The lowest BCUT2D eigenvalue weighted by Gasteiger charge is -2.48. The normalized spacial score (nSPS) is 27.2. The van der Waals surface area contributed by atoms with Gasteiger partial charge >= 0.3 is 0 Å². The number of hydrogen-bond acceptors (Lipinski definition) is 3. The van der Waals surface area contributed by atoms with Crippen molar-refractivity contribution >= 4 is 0 Å². The summed E-state index contributed by atoms with van der Waals surface area (Å²) in [6, 6.07) is 0.655. The van der Waals surface area contributed by atoms with Crippen molar-refractivity contribution in [2.45, 2.75) is 57.2 Å². The second-order valence-corrected chi connectivity index (χ2v) is 6.32. The lowest BCUT2D eigenvalue weighted by molar-refractivity contribution is 0.0349. The number of aromatic nitrogens is 2. The van der Waals surface area contributed by atoms with Crippen LogP contribution in [-0.4, -0.2) is 39.4 Å². The third-order valence-corrected chi connectivity index (χ3v) is 4.99. The first kappa shape index (κ1) is 13.1. The van der Waals surface area contributed by atoms with Crippen LogP contribution in [0.5, 0.6) is 0 Å². The van der Waals surface area contributed by atoms with E-state index in [9.17, 15) is 0 Å². The standard InChI is InChI=1S/C15H26N4/c1-3-14-11-19(10-13-8-17-18(2)9-13)15(12-16-14)6-4-5-7-15/h8-9,14,16H,3-7,10-12H2,1-2H3. The molecule has 1 atom stereocenters. The zero-order valence-corrected chi connectivity index (χ0v) is 12.2. The number of piperazine rings is 1. The van der Waals surface area contributed by atoms with E-state index in [1.54, 1.807) is 0 Å². The fourth-order valence-corrected chi connectivity index (χ4v) is 3.78. The van der Waals surface area contributed by atoms with E-state index in [1.807, 2.05) is 17.9 Å². The maximum atomic E-state index is 4.31. The molecular weight excluding hydrogens is 236 g/mol. The molecule has 2 aliphatic rings. The Bertz CT molecular complexity index is 420. The lowest BCUT2D eigenvalue weighted by Crippen LogP contribution is -2.62. The number of rotatable bonds is 3. The van der Waals surface area contributed by atoms with Crippen molar-refractivity contribution in [1.29, 1.82) is 0 Å². The highest BCUT2D eigenvalue weighted by Gasteiger charge is 2.42. The van der Waals surface area contributed by atoms with Crippen molar-refractivity contribution in [2.75, 3.05) is 13.1 Å². The van der Waals surface area contributed by atoms with Gasteiger partial charge < -0.3 is 5.32 Å². The van der Waals surface area contributed by atoms with Crippen molar-refractivity contribution in [1.82, 2.24) is 20.0 Å². The molecule has 0 amide bonds. The van der Waals surface area contributed by atoms with Crippen molar-refractivity contribution < 1.29 is 0 Å². The van der Waals surface area contributed by atoms with E-state index in [2.05, 4.69) is 28.4 Å². The van der Waals surface area contributed by atoms with Gasteiger partial charge in [-0.1, -0.05) is 19.8 Å². The summed E-state index contributed by atoms with van der Waals surface area (Å²) < 4.78 is 1.91. The van der Waals surface area contributed by atoms with Crippen LogP contribution in [0.15, 0.2) is 12.4 Å². The molecule has 1 spiro atoms. The van der Waals surface area contributed by atoms with Gasteiger partial charge in [-0.3, -0.25) is 9.58 Å². The first-order valence-corrected chi connectivity index (χ1v) is 7.68. The van der Waals surface area contributed by atoms with Crippen LogP contribution in [0.1, 0.15) is 44.6 Å². The van der Waals surface area contributed by atoms with Crippen LogP contribution in [0.3, 0.4) is 0 Å². The Hall–Kier alpha value is -0.870. The Balaban J connectivity index is 1.76. The average Bonchev–Trinajstić information content (AvgIpc) is 3.03. The topological polar surface area (TPSA) is 33.1 Å². The largest absolute Gasteiger partial charge is 0.311 e. The summed E-state index contributed by atoms with van der Waals surface area (Å²) in [5.41, 5.74) is 1.77. The Labute approximate surface area is 116 Å². The summed E-state index contributed by atoms with van der Waals surface area (Å²) >= 11 is 0. The molecule has 106 valence electrons. The van der Waals surface area contributed by atoms with Crippen molar-refractivity contribution in [2.24, 2.45) is 7.05 Å². The minimum absolute atomic E-state index is 0.418. The van der Waals surface area contributed by atoms with Gasteiger partial charge in [0.25, 0.3) is 0 Å². The first-order chi connectivity index (χ1) is 9.22. The Morgan fingerprint density at radius 1 is 1.42 bits per heavy atom. The zero-order valence-electron chi connectivity index (χ0n) is 12.2. The van der Waals surface area contributed by atoms with Crippen LogP contribution in [0.2, 0.25) is 0 Å². The molecule has 1 unspecified atom stereocenters. The summed E-state index contributed by atoms with van der Waals surface area (Å²) in [5.74, 6) is 0. The third-order valence-electron chi connectivity index (χ3n) is 4.99. The summed E-state index contributed by atoms with van der Waals surface area (Å²) in [6.07, 6.45) is 10.9. The molecular formula is C15H26N4. The maximum Gasteiger partial charge on any atom is 0.0534 e. The summed E-state index contributed by atoms with van der Waals surface area (Å²) in [6.45, 7) is 5.70.